The van der Waals surface area contributed by atoms with Crippen molar-refractivity contribution in [3.8, 4) is 67.5 Å². The van der Waals surface area contributed by atoms with E-state index >= 15 is 0 Å². The lowest BCUT2D eigenvalue weighted by Gasteiger charge is -2.10. The third-order valence-electron chi connectivity index (χ3n) is 10.6. The lowest BCUT2D eigenvalue weighted by atomic mass is 9.93. The van der Waals surface area contributed by atoms with E-state index in [0.717, 1.165) is 55.3 Å². The smallest absolute Gasteiger partial charge is 0.164 e. The molecule has 5 heteroatoms. The first-order valence-electron chi connectivity index (χ1n) is 18.7. The largest absolute Gasteiger partial charge is 0.455 e. The van der Waals surface area contributed by atoms with Crippen LogP contribution in [0.25, 0.3) is 110 Å². The molecule has 0 aliphatic carbocycles. The van der Waals surface area contributed by atoms with E-state index < -0.39 is 0 Å². The number of fused-ring (bicyclic) bond motifs is 6. The van der Waals surface area contributed by atoms with Crippen molar-refractivity contribution in [3.63, 3.8) is 0 Å². The van der Waals surface area contributed by atoms with Crippen molar-refractivity contribution in [2.24, 2.45) is 0 Å². The van der Waals surface area contributed by atoms with E-state index in [0.29, 0.717) is 17.5 Å². The van der Waals surface area contributed by atoms with Crippen LogP contribution >= 0.6 is 11.3 Å². The molecule has 0 fully saturated rings. The van der Waals surface area contributed by atoms with Gasteiger partial charge in [-0.3, -0.25) is 0 Å². The predicted molar refractivity (Wildman–Crippen MR) is 233 cm³/mol. The Kier molecular flexibility index (Phi) is 7.64. The van der Waals surface area contributed by atoms with E-state index in [1.54, 1.807) is 0 Å². The van der Waals surface area contributed by atoms with Gasteiger partial charge in [0.25, 0.3) is 0 Å². The first-order chi connectivity index (χ1) is 27.8. The Morgan fingerprint density at radius 2 is 0.804 bits per heavy atom. The zero-order valence-electron chi connectivity index (χ0n) is 30.1. The van der Waals surface area contributed by atoms with Gasteiger partial charge >= 0.3 is 0 Å². The first kappa shape index (κ1) is 32.2. The highest BCUT2D eigenvalue weighted by atomic mass is 32.1. The van der Waals surface area contributed by atoms with Crippen LogP contribution in [0.5, 0.6) is 0 Å². The summed E-state index contributed by atoms with van der Waals surface area (Å²) < 4.78 is 9.38. The summed E-state index contributed by atoms with van der Waals surface area (Å²) in [5.41, 5.74) is 11.3. The molecule has 8 aromatic carbocycles. The second-order valence-corrected chi connectivity index (χ2v) is 15.0. The molecule has 0 aliphatic heterocycles. The minimum Gasteiger partial charge on any atom is -0.455 e. The van der Waals surface area contributed by atoms with Crippen molar-refractivity contribution in [2.45, 2.75) is 0 Å². The van der Waals surface area contributed by atoms with Crippen LogP contribution in [-0.4, -0.2) is 15.0 Å². The summed E-state index contributed by atoms with van der Waals surface area (Å²) in [5.74, 6) is 1.83. The van der Waals surface area contributed by atoms with Crippen molar-refractivity contribution in [2.75, 3.05) is 0 Å². The highest BCUT2D eigenvalue weighted by molar-refractivity contribution is 7.26. The van der Waals surface area contributed by atoms with Crippen LogP contribution in [0.2, 0.25) is 0 Å². The third kappa shape index (κ3) is 5.40. The van der Waals surface area contributed by atoms with Gasteiger partial charge in [0.1, 0.15) is 11.2 Å². The van der Waals surface area contributed by atoms with Gasteiger partial charge in [0.15, 0.2) is 17.5 Å². The SMILES string of the molecule is c1ccc(-c2ccc(-c3nc(-c4ccccc4)nc(-c4cccc5oc6c(-c7cccc8sc9cccc(-c%10ccccc%10)c9c78)cccc6c45)n3)cc2)cc1. The zero-order chi connectivity index (χ0) is 37.0. The zero-order valence-corrected chi connectivity index (χ0v) is 30.9. The molecule has 4 nitrogen and oxygen atoms in total. The van der Waals surface area contributed by atoms with Gasteiger partial charge in [-0.15, -0.1) is 11.3 Å². The fourth-order valence-electron chi connectivity index (χ4n) is 7.98. The molecule has 3 heterocycles. The van der Waals surface area contributed by atoms with Crippen LogP contribution in [0.1, 0.15) is 0 Å². The Morgan fingerprint density at radius 3 is 1.50 bits per heavy atom. The maximum Gasteiger partial charge on any atom is 0.164 e. The Hall–Kier alpha value is -7.21. The van der Waals surface area contributed by atoms with Gasteiger partial charge in [0.2, 0.25) is 0 Å². The lowest BCUT2D eigenvalue weighted by molar-refractivity contribution is 0.670. The number of furan rings is 1. The summed E-state index contributed by atoms with van der Waals surface area (Å²) in [6.07, 6.45) is 0. The Morgan fingerprint density at radius 1 is 0.321 bits per heavy atom. The molecule has 0 amide bonds. The fourth-order valence-corrected chi connectivity index (χ4v) is 9.14. The average molecular weight is 734 g/mol. The molecule has 56 heavy (non-hydrogen) atoms. The number of aromatic nitrogens is 3. The number of benzene rings is 8. The fraction of sp³-hybridized carbons (Fsp3) is 0. The molecule has 0 bridgehead atoms. The maximum atomic E-state index is 6.87. The second kappa shape index (κ2) is 13.3. The van der Waals surface area contributed by atoms with Crippen LogP contribution in [0.15, 0.2) is 192 Å². The van der Waals surface area contributed by atoms with Crippen molar-refractivity contribution in [1.82, 2.24) is 15.0 Å². The van der Waals surface area contributed by atoms with Crippen molar-refractivity contribution in [1.29, 1.82) is 0 Å². The molecule has 0 saturated heterocycles. The van der Waals surface area contributed by atoms with E-state index in [1.807, 2.05) is 59.9 Å². The Labute approximate surface area is 327 Å². The molecule has 11 aromatic rings. The molecule has 0 radical (unpaired) electrons. The van der Waals surface area contributed by atoms with E-state index in [4.69, 9.17) is 19.4 Å². The number of para-hydroxylation sites is 1. The summed E-state index contributed by atoms with van der Waals surface area (Å²) in [5, 5.41) is 4.51. The summed E-state index contributed by atoms with van der Waals surface area (Å²) in [6.45, 7) is 0. The molecule has 0 N–H and O–H groups in total. The maximum absolute atomic E-state index is 6.87. The van der Waals surface area contributed by atoms with E-state index in [1.165, 1.54) is 36.9 Å². The molecule has 262 valence electrons. The topological polar surface area (TPSA) is 51.8 Å². The van der Waals surface area contributed by atoms with Crippen LogP contribution in [0.3, 0.4) is 0 Å². The van der Waals surface area contributed by atoms with Gasteiger partial charge in [-0.05, 0) is 46.0 Å². The van der Waals surface area contributed by atoms with Crippen molar-refractivity contribution >= 4 is 53.4 Å². The molecule has 0 unspecified atom stereocenters. The van der Waals surface area contributed by atoms with Crippen molar-refractivity contribution in [3.05, 3.63) is 188 Å². The van der Waals surface area contributed by atoms with Gasteiger partial charge in [-0.1, -0.05) is 170 Å². The highest BCUT2D eigenvalue weighted by Crippen LogP contribution is 2.47. The van der Waals surface area contributed by atoms with E-state index in [9.17, 15) is 0 Å². The molecule has 0 aliphatic rings. The summed E-state index contributed by atoms with van der Waals surface area (Å²) in [7, 11) is 0. The van der Waals surface area contributed by atoms with E-state index in [2.05, 4.69) is 140 Å². The molecule has 3 aromatic heterocycles. The first-order valence-corrected chi connectivity index (χ1v) is 19.5. The van der Waals surface area contributed by atoms with Gasteiger partial charge in [0, 0.05) is 53.2 Å². The van der Waals surface area contributed by atoms with E-state index in [-0.39, 0.29) is 0 Å². The van der Waals surface area contributed by atoms with Crippen LogP contribution in [-0.2, 0) is 0 Å². The summed E-state index contributed by atoms with van der Waals surface area (Å²) in [6, 6.07) is 65.5. The van der Waals surface area contributed by atoms with Gasteiger partial charge in [-0.25, -0.2) is 15.0 Å². The lowest BCUT2D eigenvalue weighted by Crippen LogP contribution is -2.00. The van der Waals surface area contributed by atoms with Gasteiger partial charge < -0.3 is 4.42 Å². The highest BCUT2D eigenvalue weighted by Gasteiger charge is 2.22. The van der Waals surface area contributed by atoms with Crippen LogP contribution < -0.4 is 0 Å². The molecule has 0 atom stereocenters. The predicted octanol–water partition coefficient (Wildman–Crippen LogP) is 14.1. The number of rotatable bonds is 6. The molecule has 0 spiro atoms. The summed E-state index contributed by atoms with van der Waals surface area (Å²) >= 11 is 1.83. The molecule has 0 saturated carbocycles. The quantitative estimate of drug-likeness (QED) is 0.171. The molecular weight excluding hydrogens is 703 g/mol. The molecule has 11 rings (SSSR count). The van der Waals surface area contributed by atoms with Crippen molar-refractivity contribution < 1.29 is 4.42 Å². The van der Waals surface area contributed by atoms with Crippen LogP contribution in [0, 0.1) is 0 Å². The number of thiophene rings is 1. The monoisotopic (exact) mass is 733 g/mol. The molecular formula is C51H31N3OS. The summed E-state index contributed by atoms with van der Waals surface area (Å²) in [4.78, 5) is 15.3. The average Bonchev–Trinajstić information content (AvgIpc) is 3.86. The number of hydrogen-bond donors (Lipinski definition) is 0. The van der Waals surface area contributed by atoms with Crippen LogP contribution in [0.4, 0.5) is 0 Å². The van der Waals surface area contributed by atoms with Gasteiger partial charge in [0.05, 0.1) is 0 Å². The number of hydrogen-bond acceptors (Lipinski definition) is 5. The minimum absolute atomic E-state index is 0.595. The normalized spacial score (nSPS) is 11.6. The Bertz CT molecular complexity index is 3230. The minimum atomic E-state index is 0.595. The Balaban J connectivity index is 1.11. The standard InChI is InChI=1S/C51H31N3OS/c1-4-14-32(15-5-1)33-28-30-36(31-29-33)50-52-49(35-18-8-3-9-19-35)53-51(54-50)41-24-11-25-42-45(41)40-23-10-22-39(48(40)55-42)38-21-13-27-44-47(38)46-37(20-12-26-43(46)56-44)34-16-6-2-7-17-34/h1-31H. The third-order valence-corrected chi connectivity index (χ3v) is 11.7. The number of nitrogens with zero attached hydrogens (tertiary/aromatic N) is 3. The second-order valence-electron chi connectivity index (χ2n) is 13.9. The van der Waals surface area contributed by atoms with Gasteiger partial charge in [-0.2, -0.15) is 0 Å².